The molecule has 11 heteroatoms. The molecule has 0 spiro atoms. The number of rotatable bonds is 14. The topological polar surface area (TPSA) is 89.6 Å². The molecule has 0 aliphatic carbocycles. The number of nitrogens with zero attached hydrogens (tertiary/aromatic N) is 4. The van der Waals surface area contributed by atoms with Crippen LogP contribution in [0, 0.1) is 0 Å². The smallest absolute Gasteiger partial charge is 0.310 e. The van der Waals surface area contributed by atoms with E-state index in [0.717, 1.165) is 16.8 Å². The van der Waals surface area contributed by atoms with Crippen LogP contribution in [0.25, 0.3) is 0 Å². The van der Waals surface area contributed by atoms with Gasteiger partial charge in [0, 0.05) is 40.7 Å². The molecule has 206 valence electrons. The lowest BCUT2D eigenvalue weighted by Crippen LogP contribution is -2.10. The van der Waals surface area contributed by atoms with Crippen LogP contribution in [0.15, 0.2) is 60.8 Å². The lowest BCUT2D eigenvalue weighted by atomic mass is 10.2. The number of halogens is 2. The van der Waals surface area contributed by atoms with E-state index in [0.29, 0.717) is 59.9 Å². The van der Waals surface area contributed by atoms with E-state index in [2.05, 4.69) is 10.2 Å². The van der Waals surface area contributed by atoms with Crippen LogP contribution in [0.4, 0.5) is 0 Å². The molecule has 4 aromatic rings. The van der Waals surface area contributed by atoms with Crippen LogP contribution in [-0.2, 0) is 40.2 Å². The molecule has 2 heterocycles. The maximum atomic E-state index is 12.0. The number of carbonyl (C=O) groups is 1. The summed E-state index contributed by atoms with van der Waals surface area (Å²) in [6, 6.07) is 17.2. The minimum absolute atomic E-state index is 0.0788. The van der Waals surface area contributed by atoms with Crippen LogP contribution < -0.4 is 9.47 Å². The normalized spacial score (nSPS) is 11.0. The molecule has 0 atom stereocenters. The third-order valence-electron chi connectivity index (χ3n) is 5.87. The van der Waals surface area contributed by atoms with Crippen molar-refractivity contribution in [3.63, 3.8) is 0 Å². The van der Waals surface area contributed by atoms with Crippen molar-refractivity contribution in [2.45, 2.75) is 32.4 Å². The van der Waals surface area contributed by atoms with Gasteiger partial charge in [-0.05, 0) is 36.1 Å². The van der Waals surface area contributed by atoms with E-state index in [1.807, 2.05) is 53.3 Å². The minimum Gasteiger partial charge on any atom is -0.476 e. The maximum absolute atomic E-state index is 12.0. The summed E-state index contributed by atoms with van der Waals surface area (Å²) >= 11 is 12.4. The Balaban J connectivity index is 1.42. The van der Waals surface area contributed by atoms with Gasteiger partial charge >= 0.3 is 5.97 Å². The first-order valence-corrected chi connectivity index (χ1v) is 13.1. The lowest BCUT2D eigenvalue weighted by molar-refractivity contribution is -0.139. The number of aryl methyl sites for hydroxylation is 1. The second-order valence-corrected chi connectivity index (χ2v) is 9.61. The number of carbonyl (C=O) groups excluding carboxylic acids is 1. The molecule has 0 unspecified atom stereocenters. The third-order valence-corrected chi connectivity index (χ3v) is 6.45. The molecule has 0 bridgehead atoms. The predicted octanol–water partition coefficient (Wildman–Crippen LogP) is 5.19. The van der Waals surface area contributed by atoms with Gasteiger partial charge in [-0.2, -0.15) is 0 Å². The number of hydrogen-bond acceptors (Lipinski definition) is 7. The largest absolute Gasteiger partial charge is 0.476 e. The fourth-order valence-corrected chi connectivity index (χ4v) is 4.43. The predicted molar refractivity (Wildman–Crippen MR) is 148 cm³/mol. The van der Waals surface area contributed by atoms with Crippen molar-refractivity contribution in [2.24, 2.45) is 0 Å². The van der Waals surface area contributed by atoms with Gasteiger partial charge in [0.2, 0.25) is 11.8 Å². The zero-order chi connectivity index (χ0) is 27.6. The highest BCUT2D eigenvalue weighted by molar-refractivity contribution is 6.35. The molecule has 0 fully saturated rings. The average molecular weight is 573 g/mol. The second-order valence-electron chi connectivity index (χ2n) is 8.77. The van der Waals surface area contributed by atoms with Gasteiger partial charge < -0.3 is 18.9 Å². The van der Waals surface area contributed by atoms with E-state index < -0.39 is 0 Å². The molecular weight excluding hydrogens is 543 g/mol. The molecule has 9 nitrogen and oxygen atoms in total. The summed E-state index contributed by atoms with van der Waals surface area (Å²) in [7, 11) is 2.92. The summed E-state index contributed by atoms with van der Waals surface area (Å²) in [4.78, 5) is 12.0. The molecule has 39 heavy (non-hydrogen) atoms. The van der Waals surface area contributed by atoms with Crippen LogP contribution in [0.1, 0.15) is 28.8 Å². The summed E-state index contributed by atoms with van der Waals surface area (Å²) in [5.74, 6) is 0.521. The van der Waals surface area contributed by atoms with E-state index in [-0.39, 0.29) is 19.2 Å². The number of aromatic nitrogens is 4. The van der Waals surface area contributed by atoms with Crippen molar-refractivity contribution in [1.29, 1.82) is 0 Å². The zero-order valence-corrected chi connectivity index (χ0v) is 23.3. The summed E-state index contributed by atoms with van der Waals surface area (Å²) in [5.41, 5.74) is 3.60. The summed E-state index contributed by atoms with van der Waals surface area (Å²) in [5, 5.41) is 10.3. The Hall–Kier alpha value is -3.53. The van der Waals surface area contributed by atoms with Crippen LogP contribution in [0.3, 0.4) is 0 Å². The molecule has 2 aromatic carbocycles. The van der Waals surface area contributed by atoms with E-state index in [1.165, 1.54) is 7.11 Å². The Labute approximate surface area is 237 Å². The Morgan fingerprint density at radius 3 is 2.51 bits per heavy atom. The van der Waals surface area contributed by atoms with Crippen molar-refractivity contribution in [3.05, 3.63) is 93.2 Å². The molecule has 4 rings (SSSR count). The average Bonchev–Trinajstić information content (AvgIpc) is 3.49. The highest BCUT2D eigenvalue weighted by atomic mass is 35.5. The van der Waals surface area contributed by atoms with Gasteiger partial charge in [0.1, 0.15) is 0 Å². The number of ether oxygens (including phenoxy) is 4. The van der Waals surface area contributed by atoms with E-state index in [9.17, 15) is 4.79 Å². The number of methoxy groups -OCH3 is 2. The highest BCUT2D eigenvalue weighted by Gasteiger charge is 2.16. The number of benzene rings is 2. The minimum atomic E-state index is -0.354. The molecule has 0 aliphatic heterocycles. The first kappa shape index (κ1) is 28.5. The van der Waals surface area contributed by atoms with Crippen LogP contribution >= 0.6 is 23.2 Å². The SMILES string of the molecule is COCOc1cc(CCCOc2nn(Cc3ccccc3)cc2CC(=O)OC)n(Cc2ccc(Cl)cc2Cl)n1. The summed E-state index contributed by atoms with van der Waals surface area (Å²) in [6.07, 6.45) is 3.23. The summed E-state index contributed by atoms with van der Waals surface area (Å²) in [6.45, 7) is 1.50. The standard InChI is InChI=1S/C28H30Cl2N4O5/c1-36-19-39-26-15-24(34(31-26)18-21-10-11-23(29)14-25(21)30)9-6-12-38-28-22(13-27(35)37-2)17-33(32-28)16-20-7-4-3-5-8-20/h3-5,7-8,10-11,14-15,17H,6,9,12-13,16,18-19H2,1-2H3. The van der Waals surface area contributed by atoms with Crippen molar-refractivity contribution >= 4 is 29.2 Å². The van der Waals surface area contributed by atoms with Gasteiger partial charge in [0.25, 0.3) is 0 Å². The quantitative estimate of drug-likeness (QED) is 0.117. The van der Waals surface area contributed by atoms with E-state index in [1.54, 1.807) is 23.9 Å². The van der Waals surface area contributed by atoms with Gasteiger partial charge in [-0.25, -0.2) is 0 Å². The van der Waals surface area contributed by atoms with Crippen molar-refractivity contribution < 1.29 is 23.7 Å². The Morgan fingerprint density at radius 2 is 1.77 bits per heavy atom. The van der Waals surface area contributed by atoms with E-state index >= 15 is 0 Å². The fourth-order valence-electron chi connectivity index (χ4n) is 3.96. The fraction of sp³-hybridized carbons (Fsp3) is 0.321. The number of hydrogen-bond donors (Lipinski definition) is 0. The Morgan fingerprint density at radius 1 is 0.949 bits per heavy atom. The summed E-state index contributed by atoms with van der Waals surface area (Å²) < 4.78 is 25.1. The number of esters is 1. The lowest BCUT2D eigenvalue weighted by Gasteiger charge is -2.10. The first-order valence-electron chi connectivity index (χ1n) is 12.4. The monoisotopic (exact) mass is 572 g/mol. The van der Waals surface area contributed by atoms with Crippen molar-refractivity contribution in [1.82, 2.24) is 19.6 Å². The third kappa shape index (κ3) is 8.23. The van der Waals surface area contributed by atoms with Gasteiger partial charge in [-0.3, -0.25) is 14.2 Å². The second kappa shape index (κ2) is 14.0. The highest BCUT2D eigenvalue weighted by Crippen LogP contribution is 2.24. The van der Waals surface area contributed by atoms with Gasteiger partial charge in [-0.1, -0.05) is 59.6 Å². The molecule has 0 saturated carbocycles. The van der Waals surface area contributed by atoms with Crippen molar-refractivity contribution in [2.75, 3.05) is 27.6 Å². The molecule has 0 radical (unpaired) electrons. The molecule has 0 amide bonds. The Bertz CT molecular complexity index is 1370. The maximum Gasteiger partial charge on any atom is 0.310 e. The van der Waals surface area contributed by atoms with Crippen LogP contribution in [-0.4, -0.2) is 53.1 Å². The van der Waals surface area contributed by atoms with Crippen molar-refractivity contribution in [3.8, 4) is 11.8 Å². The molecule has 2 aromatic heterocycles. The first-order chi connectivity index (χ1) is 18.9. The molecule has 0 N–H and O–H groups in total. The van der Waals surface area contributed by atoms with Crippen LogP contribution in [0.2, 0.25) is 10.0 Å². The molecule has 0 saturated heterocycles. The van der Waals surface area contributed by atoms with Gasteiger partial charge in [0.15, 0.2) is 6.79 Å². The molecular formula is C28H30Cl2N4O5. The van der Waals surface area contributed by atoms with E-state index in [4.69, 9.17) is 42.1 Å². The molecule has 0 aliphatic rings. The Kier molecular flexibility index (Phi) is 10.2. The zero-order valence-electron chi connectivity index (χ0n) is 21.8. The van der Waals surface area contributed by atoms with Crippen LogP contribution in [0.5, 0.6) is 11.8 Å². The van der Waals surface area contributed by atoms with Gasteiger partial charge in [0.05, 0.1) is 33.2 Å². The van der Waals surface area contributed by atoms with Gasteiger partial charge in [-0.15, -0.1) is 10.2 Å².